The van der Waals surface area contributed by atoms with Crippen LogP contribution in [0.2, 0.25) is 0 Å². The van der Waals surface area contributed by atoms with Gasteiger partial charge in [-0.1, -0.05) is 35.6 Å². The molecule has 0 unspecified atom stereocenters. The molecule has 5 nitrogen and oxygen atoms in total. The highest BCUT2D eigenvalue weighted by molar-refractivity contribution is 14.1. The van der Waals surface area contributed by atoms with Crippen molar-refractivity contribution < 1.29 is 4.74 Å². The van der Waals surface area contributed by atoms with Gasteiger partial charge in [-0.2, -0.15) is 5.10 Å². The zero-order valence-corrected chi connectivity index (χ0v) is 21.1. The fraction of sp³-hybridized carbons (Fsp3) is 0.200. The molecule has 0 fully saturated rings. The summed E-state index contributed by atoms with van der Waals surface area (Å²) in [7, 11) is 0. The van der Waals surface area contributed by atoms with Crippen molar-refractivity contribution in [3.63, 3.8) is 0 Å². The van der Waals surface area contributed by atoms with Crippen LogP contribution < -0.4 is 15.1 Å². The lowest BCUT2D eigenvalue weighted by Gasteiger charge is -2.22. The van der Waals surface area contributed by atoms with Crippen molar-refractivity contribution in [1.29, 1.82) is 0 Å². The number of halogens is 1. The van der Waals surface area contributed by atoms with E-state index >= 15 is 0 Å². The minimum atomic E-state index is 0.505. The normalized spacial score (nSPS) is 11.2. The first-order valence-corrected chi connectivity index (χ1v) is 12.5. The van der Waals surface area contributed by atoms with Crippen LogP contribution in [0.25, 0.3) is 10.2 Å². The number of hydrogen-bond donors (Lipinski definition) is 1. The number of rotatable bonds is 9. The van der Waals surface area contributed by atoms with Crippen LogP contribution >= 0.6 is 33.9 Å². The predicted octanol–water partition coefficient (Wildman–Crippen LogP) is 6.77. The molecule has 4 aromatic rings. The first kappa shape index (κ1) is 22.5. The maximum absolute atomic E-state index is 6.23. The number of fused-ring (bicyclic) bond motifs is 1. The van der Waals surface area contributed by atoms with Gasteiger partial charge in [0.2, 0.25) is 5.13 Å². The molecule has 4 rings (SSSR count). The average Bonchev–Trinajstić information content (AvgIpc) is 3.23. The number of thiazole rings is 1. The summed E-state index contributed by atoms with van der Waals surface area (Å²) in [4.78, 5) is 6.87. The summed E-state index contributed by atoms with van der Waals surface area (Å²) in [6, 6.07) is 22.7. The van der Waals surface area contributed by atoms with Crippen molar-refractivity contribution in [3.05, 3.63) is 81.4 Å². The third-order valence-corrected chi connectivity index (χ3v) is 6.75. The van der Waals surface area contributed by atoms with Crippen LogP contribution in [-0.4, -0.2) is 24.3 Å². The highest BCUT2D eigenvalue weighted by Gasteiger charge is 2.09. The van der Waals surface area contributed by atoms with E-state index in [2.05, 4.69) is 105 Å². The van der Waals surface area contributed by atoms with Crippen molar-refractivity contribution in [1.82, 2.24) is 4.98 Å². The molecule has 1 aromatic heterocycles. The zero-order chi connectivity index (χ0) is 22.3. The molecule has 1 N–H and O–H groups in total. The van der Waals surface area contributed by atoms with Gasteiger partial charge in [0.1, 0.15) is 12.4 Å². The van der Waals surface area contributed by atoms with Gasteiger partial charge in [-0.15, -0.1) is 0 Å². The molecule has 0 atom stereocenters. The van der Waals surface area contributed by atoms with Crippen LogP contribution in [-0.2, 0) is 6.61 Å². The van der Waals surface area contributed by atoms with Gasteiger partial charge in [0.25, 0.3) is 0 Å². The number of hydrazone groups is 1. The molecule has 0 aliphatic rings. The summed E-state index contributed by atoms with van der Waals surface area (Å²) in [5.41, 5.74) is 7.22. The fourth-order valence-corrected chi connectivity index (χ4v) is 4.53. The zero-order valence-electron chi connectivity index (χ0n) is 18.1. The van der Waals surface area contributed by atoms with E-state index in [0.717, 1.165) is 51.0 Å². The lowest BCUT2D eigenvalue weighted by Crippen LogP contribution is -2.21. The number of benzene rings is 3. The molecule has 7 heteroatoms. The highest BCUT2D eigenvalue weighted by atomic mass is 127. The summed E-state index contributed by atoms with van der Waals surface area (Å²) in [6.07, 6.45) is 1.79. The lowest BCUT2D eigenvalue weighted by molar-refractivity contribution is 0.306. The molecule has 0 radical (unpaired) electrons. The molecule has 0 amide bonds. The Morgan fingerprint density at radius 1 is 1.06 bits per heavy atom. The second-order valence-corrected chi connectivity index (χ2v) is 9.44. The lowest BCUT2D eigenvalue weighted by atomic mass is 10.1. The number of nitrogens with zero attached hydrogens (tertiary/aromatic N) is 3. The largest absolute Gasteiger partial charge is 0.488 e. The van der Waals surface area contributed by atoms with Gasteiger partial charge in [-0.3, -0.25) is 5.43 Å². The summed E-state index contributed by atoms with van der Waals surface area (Å²) < 4.78 is 8.58. The van der Waals surface area contributed by atoms with E-state index in [9.17, 15) is 0 Å². The minimum absolute atomic E-state index is 0.505. The molecule has 0 aliphatic carbocycles. The maximum atomic E-state index is 6.23. The Morgan fingerprint density at radius 3 is 2.59 bits per heavy atom. The Balaban J connectivity index is 1.54. The topological polar surface area (TPSA) is 49.8 Å². The van der Waals surface area contributed by atoms with Crippen LogP contribution in [0, 0.1) is 3.57 Å². The van der Waals surface area contributed by atoms with Crippen molar-refractivity contribution in [2.24, 2.45) is 5.10 Å². The molecule has 0 spiro atoms. The van der Waals surface area contributed by atoms with Crippen molar-refractivity contribution >= 4 is 61.2 Å². The molecule has 164 valence electrons. The van der Waals surface area contributed by atoms with E-state index in [-0.39, 0.29) is 0 Å². The predicted molar refractivity (Wildman–Crippen MR) is 144 cm³/mol. The summed E-state index contributed by atoms with van der Waals surface area (Å²) in [6.45, 7) is 6.71. The van der Waals surface area contributed by atoms with Gasteiger partial charge in [-0.25, -0.2) is 4.98 Å². The number of hydrogen-bond acceptors (Lipinski definition) is 6. The van der Waals surface area contributed by atoms with E-state index in [0.29, 0.717) is 6.61 Å². The summed E-state index contributed by atoms with van der Waals surface area (Å²) >= 11 is 3.89. The van der Waals surface area contributed by atoms with Gasteiger partial charge in [0.15, 0.2) is 0 Å². The van der Waals surface area contributed by atoms with E-state index in [1.165, 1.54) is 3.57 Å². The van der Waals surface area contributed by atoms with Crippen molar-refractivity contribution in [2.45, 2.75) is 20.5 Å². The average molecular weight is 556 g/mol. The molecule has 0 saturated carbocycles. The first-order chi connectivity index (χ1) is 15.7. The quantitative estimate of drug-likeness (QED) is 0.140. The van der Waals surface area contributed by atoms with E-state index < -0.39 is 0 Å². The number of para-hydroxylation sites is 1. The Labute approximate surface area is 206 Å². The third kappa shape index (κ3) is 5.58. The van der Waals surface area contributed by atoms with Gasteiger partial charge < -0.3 is 9.64 Å². The van der Waals surface area contributed by atoms with E-state index in [1.54, 1.807) is 17.6 Å². The van der Waals surface area contributed by atoms with Gasteiger partial charge in [-0.05, 0) is 78.4 Å². The van der Waals surface area contributed by atoms with E-state index in [1.807, 2.05) is 18.2 Å². The second kappa shape index (κ2) is 10.8. The smallest absolute Gasteiger partial charge is 0.204 e. The molecule has 0 saturated heterocycles. The third-order valence-electron chi connectivity index (χ3n) is 5.09. The molecule has 32 heavy (non-hydrogen) atoms. The van der Waals surface area contributed by atoms with Crippen LogP contribution in [0.3, 0.4) is 0 Å². The minimum Gasteiger partial charge on any atom is -0.488 e. The second-order valence-electron chi connectivity index (χ2n) is 7.17. The van der Waals surface area contributed by atoms with Crippen LogP contribution in [0.1, 0.15) is 25.0 Å². The number of nitrogens with one attached hydrogen (secondary N) is 1. The van der Waals surface area contributed by atoms with Gasteiger partial charge in [0, 0.05) is 34.0 Å². The van der Waals surface area contributed by atoms with Crippen molar-refractivity contribution in [3.8, 4) is 5.75 Å². The van der Waals surface area contributed by atoms with Crippen molar-refractivity contribution in [2.75, 3.05) is 23.4 Å². The Hall–Kier alpha value is -2.65. The van der Waals surface area contributed by atoms with E-state index in [4.69, 9.17) is 4.74 Å². The van der Waals surface area contributed by atoms with Crippen LogP contribution in [0.5, 0.6) is 5.75 Å². The first-order valence-electron chi connectivity index (χ1n) is 10.6. The van der Waals surface area contributed by atoms with Crippen LogP contribution in [0.15, 0.2) is 71.8 Å². The summed E-state index contributed by atoms with van der Waals surface area (Å²) in [5.74, 6) is 0.808. The van der Waals surface area contributed by atoms with Gasteiger partial charge >= 0.3 is 0 Å². The molecular weight excluding hydrogens is 531 g/mol. The molecular formula is C25H25IN4OS. The SMILES string of the molecule is CCN(CC)c1ccc(/C=N\Nc2nc3ccccc3s2)c(OCc2ccc(I)cc2)c1. The van der Waals surface area contributed by atoms with Gasteiger partial charge in [0.05, 0.1) is 16.4 Å². The fourth-order valence-electron chi connectivity index (χ4n) is 3.36. The molecule has 3 aromatic carbocycles. The number of aromatic nitrogens is 1. The Bertz CT molecular complexity index is 1170. The molecule has 1 heterocycles. The standard InChI is InChI=1S/C25H25IN4OS/c1-3-30(4-2)21-14-11-19(23(15-21)31-17-18-9-12-20(26)13-10-18)16-27-29-25-28-22-7-5-6-8-24(22)32-25/h5-16H,3-4,17H2,1-2H3,(H,28,29)/b27-16-. The Morgan fingerprint density at radius 2 is 1.84 bits per heavy atom. The summed E-state index contributed by atoms with van der Waals surface area (Å²) in [5, 5.41) is 5.19. The monoisotopic (exact) mass is 556 g/mol. The maximum Gasteiger partial charge on any atom is 0.204 e. The number of anilines is 2. The molecule has 0 bridgehead atoms. The highest BCUT2D eigenvalue weighted by Crippen LogP contribution is 2.27. The number of ether oxygens (including phenoxy) is 1. The van der Waals surface area contributed by atoms with Crippen LogP contribution in [0.4, 0.5) is 10.8 Å². The Kier molecular flexibility index (Phi) is 7.59. The molecule has 0 aliphatic heterocycles.